The lowest BCUT2D eigenvalue weighted by Gasteiger charge is -2.09. The second-order valence-corrected chi connectivity index (χ2v) is 4.66. The number of aromatic nitrogens is 2. The normalized spacial score (nSPS) is 10.5. The third kappa shape index (κ3) is 3.68. The van der Waals surface area contributed by atoms with Gasteiger partial charge in [0.25, 0.3) is 0 Å². The molecule has 2 rings (SSSR count). The van der Waals surface area contributed by atoms with E-state index in [0.29, 0.717) is 12.5 Å². The van der Waals surface area contributed by atoms with Crippen LogP contribution in [0.5, 0.6) is 5.75 Å². The van der Waals surface area contributed by atoms with Gasteiger partial charge in [-0.1, -0.05) is 26.0 Å². The minimum atomic E-state index is 0.429. The van der Waals surface area contributed by atoms with E-state index in [1.165, 1.54) is 5.56 Å². The fourth-order valence-electron chi connectivity index (χ4n) is 1.68. The second-order valence-electron chi connectivity index (χ2n) is 4.66. The highest BCUT2D eigenvalue weighted by Crippen LogP contribution is 2.20. The zero-order valence-electron chi connectivity index (χ0n) is 11.6. The molecule has 0 atom stereocenters. The topological polar surface area (TPSA) is 47.0 Å². The summed E-state index contributed by atoms with van der Waals surface area (Å²) < 4.78 is 5.73. The molecule has 0 fully saturated rings. The third-order valence-corrected chi connectivity index (χ3v) is 2.87. The van der Waals surface area contributed by atoms with Crippen molar-refractivity contribution in [1.29, 1.82) is 0 Å². The first-order valence-corrected chi connectivity index (χ1v) is 6.40. The molecule has 1 heterocycles. The summed E-state index contributed by atoms with van der Waals surface area (Å²) in [6.07, 6.45) is 3.42. The van der Waals surface area contributed by atoms with Gasteiger partial charge >= 0.3 is 0 Å². The molecule has 4 nitrogen and oxygen atoms in total. The first kappa shape index (κ1) is 13.3. The van der Waals surface area contributed by atoms with Gasteiger partial charge in [0.05, 0.1) is 18.1 Å². The van der Waals surface area contributed by atoms with Crippen LogP contribution in [0, 0.1) is 0 Å². The van der Waals surface area contributed by atoms with E-state index in [2.05, 4.69) is 41.3 Å². The zero-order chi connectivity index (χ0) is 13.7. The summed E-state index contributed by atoms with van der Waals surface area (Å²) in [6.45, 7) is 4.76. The van der Waals surface area contributed by atoms with Crippen molar-refractivity contribution in [3.63, 3.8) is 0 Å². The molecule has 1 aromatic carbocycles. The summed E-state index contributed by atoms with van der Waals surface area (Å²) >= 11 is 0. The fourth-order valence-corrected chi connectivity index (χ4v) is 1.68. The number of hydrogen-bond donors (Lipinski definition) is 1. The van der Waals surface area contributed by atoms with Crippen LogP contribution < -0.4 is 10.1 Å². The molecule has 0 unspecified atom stereocenters. The molecule has 0 spiro atoms. The van der Waals surface area contributed by atoms with Crippen LogP contribution in [-0.4, -0.2) is 17.0 Å². The Balaban J connectivity index is 1.99. The number of ether oxygens (including phenoxy) is 1. The van der Waals surface area contributed by atoms with Gasteiger partial charge < -0.3 is 10.1 Å². The van der Waals surface area contributed by atoms with Crippen LogP contribution >= 0.6 is 0 Å². The van der Waals surface area contributed by atoms with Gasteiger partial charge in [0.15, 0.2) is 0 Å². The monoisotopic (exact) mass is 257 g/mol. The van der Waals surface area contributed by atoms with E-state index in [4.69, 9.17) is 4.74 Å². The van der Waals surface area contributed by atoms with Crippen molar-refractivity contribution in [3.8, 4) is 5.75 Å². The highest BCUT2D eigenvalue weighted by atomic mass is 16.5. The SMILES string of the molecule is CNc1cnc(COc2cccc(C(C)C)c2)cn1. The van der Waals surface area contributed by atoms with E-state index in [9.17, 15) is 0 Å². The van der Waals surface area contributed by atoms with Gasteiger partial charge in [0, 0.05) is 7.05 Å². The maximum atomic E-state index is 5.73. The number of benzene rings is 1. The first-order valence-electron chi connectivity index (χ1n) is 6.40. The Morgan fingerprint density at radius 2 is 2.05 bits per heavy atom. The Bertz CT molecular complexity index is 523. The van der Waals surface area contributed by atoms with Crippen LogP contribution in [0.4, 0.5) is 5.82 Å². The number of nitrogens with zero attached hydrogens (tertiary/aromatic N) is 2. The van der Waals surface area contributed by atoms with Gasteiger partial charge in [-0.2, -0.15) is 0 Å². The van der Waals surface area contributed by atoms with E-state index in [1.807, 2.05) is 19.2 Å². The molecular weight excluding hydrogens is 238 g/mol. The molecule has 19 heavy (non-hydrogen) atoms. The molecule has 0 aliphatic rings. The maximum Gasteiger partial charge on any atom is 0.144 e. The predicted octanol–water partition coefficient (Wildman–Crippen LogP) is 3.22. The summed E-state index contributed by atoms with van der Waals surface area (Å²) in [5.41, 5.74) is 2.09. The number of rotatable bonds is 5. The number of hydrogen-bond acceptors (Lipinski definition) is 4. The molecule has 0 saturated heterocycles. The molecule has 1 N–H and O–H groups in total. The predicted molar refractivity (Wildman–Crippen MR) is 76.4 cm³/mol. The van der Waals surface area contributed by atoms with Crippen molar-refractivity contribution in [2.45, 2.75) is 26.4 Å². The Morgan fingerprint density at radius 3 is 2.68 bits per heavy atom. The maximum absolute atomic E-state index is 5.73. The van der Waals surface area contributed by atoms with Crippen molar-refractivity contribution < 1.29 is 4.74 Å². The van der Waals surface area contributed by atoms with Crippen LogP contribution in [-0.2, 0) is 6.61 Å². The van der Waals surface area contributed by atoms with Crippen molar-refractivity contribution in [2.24, 2.45) is 0 Å². The molecule has 0 bridgehead atoms. The van der Waals surface area contributed by atoms with Gasteiger partial charge in [-0.05, 0) is 23.6 Å². The molecule has 2 aromatic rings. The van der Waals surface area contributed by atoms with Crippen molar-refractivity contribution in [1.82, 2.24) is 9.97 Å². The minimum absolute atomic E-state index is 0.429. The van der Waals surface area contributed by atoms with Gasteiger partial charge in [-0.15, -0.1) is 0 Å². The molecule has 0 radical (unpaired) electrons. The van der Waals surface area contributed by atoms with E-state index in [0.717, 1.165) is 17.3 Å². The number of anilines is 1. The third-order valence-electron chi connectivity index (χ3n) is 2.87. The quantitative estimate of drug-likeness (QED) is 0.893. The summed E-state index contributed by atoms with van der Waals surface area (Å²) in [5.74, 6) is 2.12. The van der Waals surface area contributed by atoms with Crippen LogP contribution in [0.2, 0.25) is 0 Å². The average Bonchev–Trinajstić information content (AvgIpc) is 2.46. The van der Waals surface area contributed by atoms with Gasteiger partial charge in [-0.3, -0.25) is 4.98 Å². The van der Waals surface area contributed by atoms with Gasteiger partial charge in [0.2, 0.25) is 0 Å². The fraction of sp³-hybridized carbons (Fsp3) is 0.333. The molecule has 4 heteroatoms. The van der Waals surface area contributed by atoms with E-state index in [1.54, 1.807) is 12.4 Å². The second kappa shape index (κ2) is 6.18. The van der Waals surface area contributed by atoms with Crippen molar-refractivity contribution in [3.05, 3.63) is 47.9 Å². The highest BCUT2D eigenvalue weighted by Gasteiger charge is 2.02. The van der Waals surface area contributed by atoms with Crippen LogP contribution in [0.15, 0.2) is 36.7 Å². The van der Waals surface area contributed by atoms with Crippen molar-refractivity contribution >= 4 is 5.82 Å². The van der Waals surface area contributed by atoms with Crippen LogP contribution in [0.1, 0.15) is 31.0 Å². The average molecular weight is 257 g/mol. The van der Waals surface area contributed by atoms with E-state index >= 15 is 0 Å². The lowest BCUT2D eigenvalue weighted by Crippen LogP contribution is -2.01. The van der Waals surface area contributed by atoms with Crippen LogP contribution in [0.25, 0.3) is 0 Å². The molecule has 0 aliphatic carbocycles. The van der Waals surface area contributed by atoms with E-state index < -0.39 is 0 Å². The summed E-state index contributed by atoms with van der Waals surface area (Å²) in [4.78, 5) is 8.47. The Labute approximate surface area is 113 Å². The van der Waals surface area contributed by atoms with Gasteiger partial charge in [0.1, 0.15) is 18.2 Å². The highest BCUT2D eigenvalue weighted by molar-refractivity contribution is 5.31. The largest absolute Gasteiger partial charge is 0.487 e. The summed E-state index contributed by atoms with van der Waals surface area (Å²) in [6, 6.07) is 8.15. The Hall–Kier alpha value is -2.10. The summed E-state index contributed by atoms with van der Waals surface area (Å²) in [7, 11) is 1.82. The molecule has 1 aromatic heterocycles. The lowest BCUT2D eigenvalue weighted by atomic mass is 10.0. The molecule has 0 aliphatic heterocycles. The Morgan fingerprint density at radius 1 is 1.21 bits per heavy atom. The molecule has 100 valence electrons. The zero-order valence-corrected chi connectivity index (χ0v) is 11.6. The smallest absolute Gasteiger partial charge is 0.144 e. The van der Waals surface area contributed by atoms with Crippen LogP contribution in [0.3, 0.4) is 0 Å². The standard InChI is InChI=1S/C15H19N3O/c1-11(2)12-5-4-6-14(7-12)19-10-13-8-18-15(16-3)9-17-13/h4-9,11H,10H2,1-3H3,(H,16,18). The molecular formula is C15H19N3O. The molecule has 0 amide bonds. The van der Waals surface area contributed by atoms with E-state index in [-0.39, 0.29) is 0 Å². The number of nitrogens with one attached hydrogen (secondary N) is 1. The Kier molecular flexibility index (Phi) is 4.34. The summed E-state index contributed by atoms with van der Waals surface area (Å²) in [5, 5.41) is 2.93. The molecule has 0 saturated carbocycles. The lowest BCUT2D eigenvalue weighted by molar-refractivity contribution is 0.300. The van der Waals surface area contributed by atoms with Gasteiger partial charge in [-0.25, -0.2) is 4.98 Å². The van der Waals surface area contributed by atoms with Crippen molar-refractivity contribution in [2.75, 3.05) is 12.4 Å². The minimum Gasteiger partial charge on any atom is -0.487 e. The first-order chi connectivity index (χ1) is 9.19.